The molecule has 0 aromatic heterocycles. The topological polar surface area (TPSA) is 20.2 Å². The molecule has 1 aromatic rings. The molecule has 1 nitrogen and oxygen atoms in total. The molecule has 1 rings (SSSR count). The van der Waals surface area contributed by atoms with E-state index in [1.54, 1.807) is 0 Å². The predicted molar refractivity (Wildman–Crippen MR) is 73.4 cm³/mol. The highest BCUT2D eigenvalue weighted by Gasteiger charge is 2.20. The summed E-state index contributed by atoms with van der Waals surface area (Å²) in [7, 11) is 0. The van der Waals surface area contributed by atoms with Crippen LogP contribution in [0.15, 0.2) is 24.3 Å². The molecule has 0 saturated carbocycles. The van der Waals surface area contributed by atoms with Crippen LogP contribution in [-0.2, 0) is 5.60 Å². The van der Waals surface area contributed by atoms with Gasteiger partial charge in [0.1, 0.15) is 0 Å². The number of hydrogen-bond acceptors (Lipinski definition) is 1. The molecule has 1 N–H and O–H groups in total. The third-order valence-corrected chi connectivity index (χ3v) is 4.54. The van der Waals surface area contributed by atoms with Crippen molar-refractivity contribution in [2.45, 2.75) is 43.1 Å². The first kappa shape index (κ1) is 13.0. The lowest BCUT2D eigenvalue weighted by atomic mass is 9.92. The molecule has 0 bridgehead atoms. The zero-order valence-corrected chi connectivity index (χ0v) is 11.8. The number of rotatable bonds is 4. The molecule has 0 fully saturated rings. The summed E-state index contributed by atoms with van der Waals surface area (Å²) in [4.78, 5) is 0. The van der Waals surface area contributed by atoms with Crippen LogP contribution in [0.3, 0.4) is 0 Å². The largest absolute Gasteiger partial charge is 0.385 e. The lowest BCUT2D eigenvalue weighted by Crippen LogP contribution is -2.19. The average molecular weight is 318 g/mol. The van der Waals surface area contributed by atoms with Gasteiger partial charge in [-0.15, -0.1) is 0 Å². The number of alkyl halides is 1. The Labute approximate surface area is 106 Å². The molecule has 15 heavy (non-hydrogen) atoms. The first-order chi connectivity index (χ1) is 7.01. The monoisotopic (exact) mass is 318 g/mol. The molecule has 0 spiro atoms. The standard InChI is InChI=1S/C13H19IO/c1-4-12(14)10-6-8-11(9-7-10)13(3,15)5-2/h6-9,12,15H,4-5H2,1-3H3. The maximum Gasteiger partial charge on any atom is 0.0865 e. The molecule has 0 amide bonds. The van der Waals surface area contributed by atoms with Gasteiger partial charge in [-0.2, -0.15) is 0 Å². The van der Waals surface area contributed by atoms with Crippen LogP contribution in [0.4, 0.5) is 0 Å². The minimum atomic E-state index is -0.689. The SMILES string of the molecule is CCC(I)c1ccc(C(C)(O)CC)cc1. The third kappa shape index (κ3) is 3.18. The van der Waals surface area contributed by atoms with Gasteiger partial charge in [-0.25, -0.2) is 0 Å². The number of halogens is 1. The number of hydrogen-bond donors (Lipinski definition) is 1. The lowest BCUT2D eigenvalue weighted by molar-refractivity contribution is 0.0531. The Hall–Kier alpha value is -0.0900. The Morgan fingerprint density at radius 3 is 2.20 bits per heavy atom. The van der Waals surface area contributed by atoms with Crippen LogP contribution in [0, 0.1) is 0 Å². The van der Waals surface area contributed by atoms with Gasteiger partial charge in [0, 0.05) is 3.92 Å². The zero-order valence-electron chi connectivity index (χ0n) is 9.63. The molecular formula is C13H19IO. The van der Waals surface area contributed by atoms with Gasteiger partial charge in [-0.3, -0.25) is 0 Å². The summed E-state index contributed by atoms with van der Waals surface area (Å²) in [6.45, 7) is 6.05. The van der Waals surface area contributed by atoms with Crippen LogP contribution in [-0.4, -0.2) is 5.11 Å². The van der Waals surface area contributed by atoms with Gasteiger partial charge in [0.15, 0.2) is 0 Å². The first-order valence-electron chi connectivity index (χ1n) is 5.48. The summed E-state index contributed by atoms with van der Waals surface area (Å²) in [5.41, 5.74) is 1.66. The van der Waals surface area contributed by atoms with E-state index in [0.717, 1.165) is 18.4 Å². The molecule has 0 aliphatic heterocycles. The fourth-order valence-electron chi connectivity index (χ4n) is 1.49. The first-order valence-corrected chi connectivity index (χ1v) is 6.72. The van der Waals surface area contributed by atoms with Gasteiger partial charge in [0.2, 0.25) is 0 Å². The molecule has 2 unspecified atom stereocenters. The summed E-state index contributed by atoms with van der Waals surface area (Å²) in [6, 6.07) is 8.33. The maximum atomic E-state index is 10.1. The van der Waals surface area contributed by atoms with E-state index >= 15 is 0 Å². The fraction of sp³-hybridized carbons (Fsp3) is 0.538. The highest BCUT2D eigenvalue weighted by Crippen LogP contribution is 2.29. The van der Waals surface area contributed by atoms with E-state index < -0.39 is 5.60 Å². The molecule has 0 saturated heterocycles. The summed E-state index contributed by atoms with van der Waals surface area (Å²) >= 11 is 2.45. The van der Waals surface area contributed by atoms with Crippen molar-refractivity contribution in [3.8, 4) is 0 Å². The average Bonchev–Trinajstić information content (AvgIpc) is 2.28. The second-order valence-electron chi connectivity index (χ2n) is 4.13. The summed E-state index contributed by atoms with van der Waals surface area (Å²) < 4.78 is 0.572. The molecule has 0 aliphatic carbocycles. The second kappa shape index (κ2) is 5.30. The van der Waals surface area contributed by atoms with E-state index in [-0.39, 0.29) is 0 Å². The van der Waals surface area contributed by atoms with Gasteiger partial charge >= 0.3 is 0 Å². The molecule has 2 heteroatoms. The van der Waals surface area contributed by atoms with E-state index in [2.05, 4.69) is 41.6 Å². The second-order valence-corrected chi connectivity index (χ2v) is 5.63. The Kier molecular flexibility index (Phi) is 4.59. The van der Waals surface area contributed by atoms with Crippen LogP contribution in [0.5, 0.6) is 0 Å². The Bertz CT molecular complexity index is 303. The highest BCUT2D eigenvalue weighted by atomic mass is 127. The number of benzene rings is 1. The molecule has 0 aliphatic rings. The van der Waals surface area contributed by atoms with Crippen molar-refractivity contribution in [3.05, 3.63) is 35.4 Å². The Balaban J connectivity index is 2.90. The smallest absolute Gasteiger partial charge is 0.0865 e. The number of aliphatic hydroxyl groups is 1. The van der Waals surface area contributed by atoms with Crippen LogP contribution < -0.4 is 0 Å². The molecule has 0 heterocycles. The van der Waals surface area contributed by atoms with Crippen LogP contribution >= 0.6 is 22.6 Å². The maximum absolute atomic E-state index is 10.1. The summed E-state index contributed by atoms with van der Waals surface area (Å²) in [5.74, 6) is 0. The van der Waals surface area contributed by atoms with Crippen LogP contribution in [0.1, 0.15) is 48.7 Å². The molecule has 2 atom stereocenters. The zero-order chi connectivity index (χ0) is 11.5. The molecule has 0 radical (unpaired) electrons. The molecule has 1 aromatic carbocycles. The van der Waals surface area contributed by atoms with Crippen molar-refractivity contribution in [3.63, 3.8) is 0 Å². The quantitative estimate of drug-likeness (QED) is 0.652. The Morgan fingerprint density at radius 2 is 1.80 bits per heavy atom. The minimum absolute atomic E-state index is 0.572. The van der Waals surface area contributed by atoms with Gasteiger partial charge < -0.3 is 5.11 Å². The van der Waals surface area contributed by atoms with Crippen molar-refractivity contribution < 1.29 is 5.11 Å². The van der Waals surface area contributed by atoms with E-state index in [0.29, 0.717) is 3.92 Å². The predicted octanol–water partition coefficient (Wildman–Crippen LogP) is 4.19. The Morgan fingerprint density at radius 1 is 1.27 bits per heavy atom. The summed E-state index contributed by atoms with van der Waals surface area (Å²) in [5, 5.41) is 10.1. The highest BCUT2D eigenvalue weighted by molar-refractivity contribution is 14.1. The normalized spacial score (nSPS) is 17.1. The van der Waals surface area contributed by atoms with Gasteiger partial charge in [-0.1, -0.05) is 60.7 Å². The van der Waals surface area contributed by atoms with Gasteiger partial charge in [0.05, 0.1) is 5.60 Å². The molecule has 84 valence electrons. The van der Waals surface area contributed by atoms with Crippen molar-refractivity contribution >= 4 is 22.6 Å². The third-order valence-electron chi connectivity index (χ3n) is 2.94. The van der Waals surface area contributed by atoms with Crippen molar-refractivity contribution in [2.75, 3.05) is 0 Å². The fourth-order valence-corrected chi connectivity index (χ4v) is 1.91. The van der Waals surface area contributed by atoms with Gasteiger partial charge in [-0.05, 0) is 30.9 Å². The van der Waals surface area contributed by atoms with Crippen molar-refractivity contribution in [1.82, 2.24) is 0 Å². The van der Waals surface area contributed by atoms with Gasteiger partial charge in [0.25, 0.3) is 0 Å². The summed E-state index contributed by atoms with van der Waals surface area (Å²) in [6.07, 6.45) is 1.89. The van der Waals surface area contributed by atoms with E-state index in [4.69, 9.17) is 0 Å². The van der Waals surface area contributed by atoms with E-state index in [1.165, 1.54) is 5.56 Å². The van der Waals surface area contributed by atoms with Crippen LogP contribution in [0.25, 0.3) is 0 Å². The van der Waals surface area contributed by atoms with E-state index in [1.807, 2.05) is 26.0 Å². The molecular weight excluding hydrogens is 299 g/mol. The van der Waals surface area contributed by atoms with E-state index in [9.17, 15) is 5.11 Å². The lowest BCUT2D eigenvalue weighted by Gasteiger charge is -2.22. The van der Waals surface area contributed by atoms with Crippen molar-refractivity contribution in [2.24, 2.45) is 0 Å². The van der Waals surface area contributed by atoms with Crippen LogP contribution in [0.2, 0.25) is 0 Å². The minimum Gasteiger partial charge on any atom is -0.385 e. The van der Waals surface area contributed by atoms with Crippen molar-refractivity contribution in [1.29, 1.82) is 0 Å².